The van der Waals surface area contributed by atoms with Gasteiger partial charge in [-0.1, -0.05) is 32.0 Å². The Bertz CT molecular complexity index is 461. The molecule has 0 saturated carbocycles. The summed E-state index contributed by atoms with van der Waals surface area (Å²) < 4.78 is 5.52. The largest absolute Gasteiger partial charge is 0.496 e. The topological polar surface area (TPSA) is 37.9 Å². The third-order valence-corrected chi connectivity index (χ3v) is 2.68. The molecular formula is C13H16N2O. The quantitative estimate of drug-likeness (QED) is 0.855. The van der Waals surface area contributed by atoms with Crippen LogP contribution < -0.4 is 4.74 Å². The number of aromatic nitrogens is 2. The van der Waals surface area contributed by atoms with E-state index in [9.17, 15) is 0 Å². The van der Waals surface area contributed by atoms with E-state index in [4.69, 9.17) is 4.74 Å². The third kappa shape index (κ3) is 1.81. The molecule has 0 fully saturated rings. The highest BCUT2D eigenvalue weighted by molar-refractivity contribution is 5.71. The van der Waals surface area contributed by atoms with Crippen molar-refractivity contribution in [3.05, 3.63) is 36.2 Å². The summed E-state index contributed by atoms with van der Waals surface area (Å²) in [5, 5.41) is 6.79. The number of aromatic amines is 1. The second-order valence-electron chi connectivity index (χ2n) is 4.07. The molecule has 1 aromatic carbocycles. The summed E-state index contributed by atoms with van der Waals surface area (Å²) in [7, 11) is 1.71. The standard InChI is InChI=1S/C13H16N2O/c1-9(2)11-5-4-6-12(13(11)16-3)10-7-14-15-8-10/h4-9H,1-3H3,(H,14,15). The molecule has 1 aromatic heterocycles. The van der Waals surface area contributed by atoms with Crippen molar-refractivity contribution in [2.45, 2.75) is 19.8 Å². The van der Waals surface area contributed by atoms with Crippen LogP contribution in [0.4, 0.5) is 0 Å². The van der Waals surface area contributed by atoms with Crippen LogP contribution in [0, 0.1) is 0 Å². The van der Waals surface area contributed by atoms with Crippen molar-refractivity contribution in [1.29, 1.82) is 0 Å². The van der Waals surface area contributed by atoms with Gasteiger partial charge in [0.1, 0.15) is 5.75 Å². The molecule has 0 unspecified atom stereocenters. The Kier molecular flexibility index (Phi) is 2.95. The van der Waals surface area contributed by atoms with Gasteiger partial charge >= 0.3 is 0 Å². The SMILES string of the molecule is COc1c(-c2cn[nH]c2)cccc1C(C)C. The number of nitrogens with one attached hydrogen (secondary N) is 1. The molecule has 0 radical (unpaired) electrons. The van der Waals surface area contributed by atoms with Crippen molar-refractivity contribution in [3.63, 3.8) is 0 Å². The molecule has 3 heteroatoms. The van der Waals surface area contributed by atoms with Gasteiger partial charge in [0.15, 0.2) is 0 Å². The summed E-state index contributed by atoms with van der Waals surface area (Å²) in [5.41, 5.74) is 3.36. The maximum Gasteiger partial charge on any atom is 0.130 e. The van der Waals surface area contributed by atoms with Gasteiger partial charge in [0.05, 0.1) is 13.3 Å². The average Bonchev–Trinajstić information content (AvgIpc) is 2.81. The minimum Gasteiger partial charge on any atom is -0.496 e. The fourth-order valence-electron chi connectivity index (χ4n) is 1.86. The number of nitrogens with zero attached hydrogens (tertiary/aromatic N) is 1. The van der Waals surface area contributed by atoms with Gasteiger partial charge in [-0.2, -0.15) is 5.10 Å². The van der Waals surface area contributed by atoms with Crippen LogP contribution in [0.1, 0.15) is 25.3 Å². The van der Waals surface area contributed by atoms with Crippen LogP contribution in [0.2, 0.25) is 0 Å². The van der Waals surface area contributed by atoms with E-state index in [2.05, 4.69) is 42.2 Å². The Morgan fingerprint density at radius 2 is 2.12 bits per heavy atom. The van der Waals surface area contributed by atoms with Gasteiger partial charge in [-0.3, -0.25) is 5.10 Å². The molecule has 16 heavy (non-hydrogen) atoms. The number of hydrogen-bond donors (Lipinski definition) is 1. The molecular weight excluding hydrogens is 200 g/mol. The van der Waals surface area contributed by atoms with Crippen molar-refractivity contribution >= 4 is 0 Å². The summed E-state index contributed by atoms with van der Waals surface area (Å²) in [6.45, 7) is 4.33. The van der Waals surface area contributed by atoms with Gasteiger partial charge in [-0.25, -0.2) is 0 Å². The first-order valence-corrected chi connectivity index (χ1v) is 5.40. The molecule has 1 heterocycles. The van der Waals surface area contributed by atoms with E-state index in [0.29, 0.717) is 5.92 Å². The Labute approximate surface area is 95.5 Å². The lowest BCUT2D eigenvalue weighted by atomic mass is 9.97. The van der Waals surface area contributed by atoms with Crippen LogP contribution in [0.5, 0.6) is 5.75 Å². The summed E-state index contributed by atoms with van der Waals surface area (Å²) in [4.78, 5) is 0. The number of H-pyrrole nitrogens is 1. The molecule has 0 saturated heterocycles. The first-order valence-electron chi connectivity index (χ1n) is 5.40. The molecule has 3 nitrogen and oxygen atoms in total. The second kappa shape index (κ2) is 4.39. The highest BCUT2D eigenvalue weighted by atomic mass is 16.5. The van der Waals surface area contributed by atoms with Crippen LogP contribution in [-0.2, 0) is 0 Å². The third-order valence-electron chi connectivity index (χ3n) is 2.68. The summed E-state index contributed by atoms with van der Waals surface area (Å²) >= 11 is 0. The van der Waals surface area contributed by atoms with Crippen molar-refractivity contribution < 1.29 is 4.74 Å². The van der Waals surface area contributed by atoms with Gasteiger partial charge in [0.25, 0.3) is 0 Å². The Balaban J connectivity index is 2.58. The van der Waals surface area contributed by atoms with Crippen molar-refractivity contribution in [3.8, 4) is 16.9 Å². The molecule has 2 aromatic rings. The van der Waals surface area contributed by atoms with E-state index in [1.165, 1.54) is 5.56 Å². The number of para-hydroxylation sites is 1. The normalized spacial score (nSPS) is 10.8. The number of methoxy groups -OCH3 is 1. The smallest absolute Gasteiger partial charge is 0.130 e. The van der Waals surface area contributed by atoms with Gasteiger partial charge in [0.2, 0.25) is 0 Å². The Morgan fingerprint density at radius 1 is 1.31 bits per heavy atom. The fourth-order valence-corrected chi connectivity index (χ4v) is 1.86. The van der Waals surface area contributed by atoms with Gasteiger partial charge in [0, 0.05) is 17.3 Å². The van der Waals surface area contributed by atoms with E-state index in [-0.39, 0.29) is 0 Å². The molecule has 0 aliphatic heterocycles. The zero-order valence-electron chi connectivity index (χ0n) is 9.82. The van der Waals surface area contributed by atoms with Crippen molar-refractivity contribution in [2.75, 3.05) is 7.11 Å². The molecule has 0 aliphatic rings. The van der Waals surface area contributed by atoms with Gasteiger partial charge in [-0.15, -0.1) is 0 Å². The lowest BCUT2D eigenvalue weighted by Crippen LogP contribution is -1.96. The lowest BCUT2D eigenvalue weighted by Gasteiger charge is -2.14. The lowest BCUT2D eigenvalue weighted by molar-refractivity contribution is 0.409. The molecule has 0 aliphatic carbocycles. The number of rotatable bonds is 3. The predicted octanol–water partition coefficient (Wildman–Crippen LogP) is 3.21. The molecule has 0 amide bonds. The Morgan fingerprint density at radius 3 is 2.69 bits per heavy atom. The van der Waals surface area contributed by atoms with E-state index in [0.717, 1.165) is 16.9 Å². The van der Waals surface area contributed by atoms with E-state index >= 15 is 0 Å². The molecule has 0 atom stereocenters. The second-order valence-corrected chi connectivity index (χ2v) is 4.07. The van der Waals surface area contributed by atoms with Crippen LogP contribution in [0.25, 0.3) is 11.1 Å². The van der Waals surface area contributed by atoms with E-state index < -0.39 is 0 Å². The van der Waals surface area contributed by atoms with E-state index in [1.807, 2.05) is 12.4 Å². The van der Waals surface area contributed by atoms with Crippen LogP contribution in [0.15, 0.2) is 30.6 Å². The van der Waals surface area contributed by atoms with E-state index in [1.54, 1.807) is 7.11 Å². The number of ether oxygens (including phenoxy) is 1. The first-order chi connectivity index (χ1) is 7.74. The van der Waals surface area contributed by atoms with Crippen LogP contribution >= 0.6 is 0 Å². The van der Waals surface area contributed by atoms with Crippen LogP contribution in [0.3, 0.4) is 0 Å². The first kappa shape index (κ1) is 10.7. The zero-order chi connectivity index (χ0) is 11.5. The predicted molar refractivity (Wildman–Crippen MR) is 64.7 cm³/mol. The summed E-state index contributed by atoms with van der Waals surface area (Å²) in [5.74, 6) is 1.39. The molecule has 0 spiro atoms. The molecule has 2 rings (SSSR count). The molecule has 0 bridgehead atoms. The summed E-state index contributed by atoms with van der Waals surface area (Å²) in [6, 6.07) is 6.21. The highest BCUT2D eigenvalue weighted by Crippen LogP contribution is 2.35. The molecule has 84 valence electrons. The molecule has 1 N–H and O–H groups in total. The zero-order valence-corrected chi connectivity index (χ0v) is 9.82. The average molecular weight is 216 g/mol. The van der Waals surface area contributed by atoms with Gasteiger partial charge < -0.3 is 4.74 Å². The van der Waals surface area contributed by atoms with Crippen molar-refractivity contribution in [2.24, 2.45) is 0 Å². The highest BCUT2D eigenvalue weighted by Gasteiger charge is 2.13. The fraction of sp³-hybridized carbons (Fsp3) is 0.308. The maximum atomic E-state index is 5.52. The monoisotopic (exact) mass is 216 g/mol. The minimum atomic E-state index is 0.446. The van der Waals surface area contributed by atoms with Crippen molar-refractivity contribution in [1.82, 2.24) is 10.2 Å². The number of hydrogen-bond acceptors (Lipinski definition) is 2. The Hall–Kier alpha value is -1.77. The van der Waals surface area contributed by atoms with Gasteiger partial charge in [-0.05, 0) is 11.5 Å². The van der Waals surface area contributed by atoms with Crippen LogP contribution in [-0.4, -0.2) is 17.3 Å². The summed E-state index contributed by atoms with van der Waals surface area (Å²) in [6.07, 6.45) is 3.68. The maximum absolute atomic E-state index is 5.52. The minimum absolute atomic E-state index is 0.446. The number of benzene rings is 1.